The maximum Gasteiger partial charge on any atom is 0.246 e. The summed E-state index contributed by atoms with van der Waals surface area (Å²) in [6.45, 7) is 5.38. The van der Waals surface area contributed by atoms with E-state index in [9.17, 15) is 4.79 Å². The van der Waals surface area contributed by atoms with E-state index in [0.29, 0.717) is 5.96 Å². The predicted octanol–water partition coefficient (Wildman–Crippen LogP) is 4.11. The summed E-state index contributed by atoms with van der Waals surface area (Å²) in [5.74, 6) is 0.705. The van der Waals surface area contributed by atoms with Gasteiger partial charge in [-0.25, -0.2) is 0 Å². The van der Waals surface area contributed by atoms with Crippen molar-refractivity contribution in [2.24, 2.45) is 4.99 Å². The smallest absolute Gasteiger partial charge is 0.246 e. The van der Waals surface area contributed by atoms with Gasteiger partial charge in [-0.2, -0.15) is 0 Å². The zero-order valence-electron chi connectivity index (χ0n) is 19.0. The number of guanidine groups is 1. The Balaban J connectivity index is 0.00000289. The van der Waals surface area contributed by atoms with Crippen molar-refractivity contribution >= 4 is 47.2 Å². The Labute approximate surface area is 208 Å². The fourth-order valence-electron chi connectivity index (χ4n) is 4.50. The molecule has 172 valence electrons. The Kier molecular flexibility index (Phi) is 8.78. The molecule has 2 heterocycles. The molecule has 0 aliphatic carbocycles. The van der Waals surface area contributed by atoms with Crippen molar-refractivity contribution in [1.82, 2.24) is 10.6 Å². The van der Waals surface area contributed by atoms with Gasteiger partial charge in [0.15, 0.2) is 5.96 Å². The number of hydrogen-bond acceptors (Lipinski definition) is 3. The van der Waals surface area contributed by atoms with Crippen molar-refractivity contribution in [3.05, 3.63) is 59.7 Å². The maximum absolute atomic E-state index is 12.9. The molecule has 2 aliphatic heterocycles. The number of aryl methyl sites for hydroxylation is 1. The summed E-state index contributed by atoms with van der Waals surface area (Å²) in [4.78, 5) is 21.6. The second kappa shape index (κ2) is 11.5. The van der Waals surface area contributed by atoms with Crippen molar-refractivity contribution in [2.45, 2.75) is 38.6 Å². The topological polar surface area (TPSA) is 60.0 Å². The van der Waals surface area contributed by atoms with E-state index in [-0.39, 0.29) is 42.5 Å². The lowest BCUT2D eigenvalue weighted by atomic mass is 10.0. The van der Waals surface area contributed by atoms with E-state index >= 15 is 0 Å². The molecular formula is C25H34IN5O. The van der Waals surface area contributed by atoms with Crippen molar-refractivity contribution in [2.75, 3.05) is 43.0 Å². The molecule has 0 spiro atoms. The number of benzene rings is 2. The summed E-state index contributed by atoms with van der Waals surface area (Å²) < 4.78 is 0. The number of hydrogen-bond donors (Lipinski definition) is 2. The normalized spacial score (nSPS) is 16.8. The summed E-state index contributed by atoms with van der Waals surface area (Å²) in [6.07, 6.45) is 4.57. The number of carbonyl (C=O) groups is 1. The molecular weight excluding hydrogens is 513 g/mol. The van der Waals surface area contributed by atoms with Gasteiger partial charge in [0.2, 0.25) is 5.91 Å². The molecule has 32 heavy (non-hydrogen) atoms. The average molecular weight is 547 g/mol. The maximum atomic E-state index is 12.9. The molecule has 4 rings (SSSR count). The molecule has 2 aromatic carbocycles. The van der Waals surface area contributed by atoms with Gasteiger partial charge in [0.25, 0.3) is 0 Å². The van der Waals surface area contributed by atoms with E-state index in [4.69, 9.17) is 0 Å². The number of aliphatic imine (C=N–C) groups is 1. The van der Waals surface area contributed by atoms with Crippen LogP contribution in [0.25, 0.3) is 0 Å². The van der Waals surface area contributed by atoms with Crippen LogP contribution in [0.4, 0.5) is 11.4 Å². The fourth-order valence-corrected chi connectivity index (χ4v) is 4.50. The summed E-state index contributed by atoms with van der Waals surface area (Å²) >= 11 is 0. The fraction of sp³-hybridized carbons (Fsp3) is 0.440. The second-order valence-electron chi connectivity index (χ2n) is 8.36. The zero-order valence-corrected chi connectivity index (χ0v) is 21.3. The van der Waals surface area contributed by atoms with E-state index in [1.54, 1.807) is 7.05 Å². The molecule has 0 saturated carbocycles. The number of amides is 1. The molecule has 7 heteroatoms. The molecule has 2 N–H and O–H groups in total. The lowest BCUT2D eigenvalue weighted by Gasteiger charge is -2.30. The first kappa shape index (κ1) is 24.4. The van der Waals surface area contributed by atoms with Crippen LogP contribution >= 0.6 is 24.0 Å². The molecule has 1 fully saturated rings. The van der Waals surface area contributed by atoms with Crippen LogP contribution in [-0.4, -0.2) is 45.1 Å². The first-order valence-electron chi connectivity index (χ1n) is 11.4. The van der Waals surface area contributed by atoms with Crippen LogP contribution in [0.2, 0.25) is 0 Å². The Morgan fingerprint density at radius 3 is 2.62 bits per heavy atom. The van der Waals surface area contributed by atoms with Crippen LogP contribution in [-0.2, 0) is 11.2 Å². The Bertz CT molecular complexity index is 941. The molecule has 6 nitrogen and oxygen atoms in total. The van der Waals surface area contributed by atoms with Crippen molar-refractivity contribution in [1.29, 1.82) is 0 Å². The van der Waals surface area contributed by atoms with Crippen LogP contribution in [0, 0.1) is 0 Å². The Morgan fingerprint density at radius 1 is 1.06 bits per heavy atom. The molecule has 1 atom stereocenters. The van der Waals surface area contributed by atoms with Gasteiger partial charge in [0, 0.05) is 38.1 Å². The number of rotatable bonds is 5. The quantitative estimate of drug-likeness (QED) is 0.336. The number of anilines is 2. The van der Waals surface area contributed by atoms with Gasteiger partial charge in [-0.1, -0.05) is 30.3 Å². The number of nitrogens with one attached hydrogen (secondary N) is 2. The summed E-state index contributed by atoms with van der Waals surface area (Å²) in [5, 5.41) is 6.63. The highest BCUT2D eigenvalue weighted by Crippen LogP contribution is 2.27. The first-order valence-corrected chi connectivity index (χ1v) is 11.4. The molecule has 1 amide bonds. The molecule has 0 aromatic heterocycles. The van der Waals surface area contributed by atoms with Crippen LogP contribution in [0.1, 0.15) is 43.4 Å². The predicted molar refractivity (Wildman–Crippen MR) is 143 cm³/mol. The minimum absolute atomic E-state index is 0. The highest BCUT2D eigenvalue weighted by atomic mass is 127. The zero-order chi connectivity index (χ0) is 21.6. The highest BCUT2D eigenvalue weighted by Gasteiger charge is 2.22. The van der Waals surface area contributed by atoms with Crippen LogP contribution in [0.3, 0.4) is 0 Å². The lowest BCUT2D eigenvalue weighted by Crippen LogP contribution is -2.46. The minimum Gasteiger partial charge on any atom is -0.372 e. The standard InChI is InChI=1S/C25H33N5O.HI/c1-19(21-10-7-12-22(17-21)29-14-5-6-15-29)28-25(26-2)27-18-24(31)30-16-8-11-20-9-3-4-13-23(20)30;/h3-4,7,9-10,12-13,17,19H,5-6,8,11,14-16,18H2,1-2H3,(H2,26,27,28);1H. The second-order valence-corrected chi connectivity index (χ2v) is 8.36. The Hall–Kier alpha value is -2.29. The molecule has 2 aromatic rings. The van der Waals surface area contributed by atoms with Crippen LogP contribution < -0.4 is 20.4 Å². The van der Waals surface area contributed by atoms with Crippen LogP contribution in [0.15, 0.2) is 53.5 Å². The van der Waals surface area contributed by atoms with E-state index < -0.39 is 0 Å². The third-order valence-electron chi connectivity index (χ3n) is 6.24. The van der Waals surface area contributed by atoms with E-state index in [0.717, 1.165) is 38.2 Å². The van der Waals surface area contributed by atoms with Gasteiger partial charge < -0.3 is 20.4 Å². The van der Waals surface area contributed by atoms with E-state index in [2.05, 4.69) is 57.8 Å². The SMILES string of the molecule is CN=C(NCC(=O)N1CCCc2ccccc21)NC(C)c1cccc(N2CCCC2)c1.I. The van der Waals surface area contributed by atoms with Gasteiger partial charge in [0.1, 0.15) is 0 Å². The molecule has 2 aliphatic rings. The van der Waals surface area contributed by atoms with Crippen LogP contribution in [0.5, 0.6) is 0 Å². The number of carbonyl (C=O) groups excluding carboxylic acids is 1. The number of nitrogens with zero attached hydrogens (tertiary/aromatic N) is 3. The summed E-state index contributed by atoms with van der Waals surface area (Å²) in [5.41, 5.74) is 4.78. The summed E-state index contributed by atoms with van der Waals surface area (Å²) in [6, 6.07) is 17.0. The first-order chi connectivity index (χ1) is 15.2. The van der Waals surface area contributed by atoms with Gasteiger partial charge >= 0.3 is 0 Å². The van der Waals surface area contributed by atoms with Gasteiger partial charge in [-0.15, -0.1) is 24.0 Å². The van der Waals surface area contributed by atoms with E-state index in [1.807, 2.05) is 23.1 Å². The van der Waals surface area contributed by atoms with Crippen molar-refractivity contribution < 1.29 is 4.79 Å². The lowest BCUT2D eigenvalue weighted by molar-refractivity contribution is -0.117. The van der Waals surface area contributed by atoms with E-state index in [1.165, 1.54) is 29.7 Å². The summed E-state index contributed by atoms with van der Waals surface area (Å²) in [7, 11) is 1.74. The largest absolute Gasteiger partial charge is 0.372 e. The molecule has 1 unspecified atom stereocenters. The van der Waals surface area contributed by atoms with Gasteiger partial charge in [-0.05, 0) is 61.9 Å². The molecule has 0 radical (unpaired) electrons. The Morgan fingerprint density at radius 2 is 1.84 bits per heavy atom. The number of halogens is 1. The van der Waals surface area contributed by atoms with Gasteiger partial charge in [0.05, 0.1) is 12.6 Å². The number of fused-ring (bicyclic) bond motifs is 1. The average Bonchev–Trinajstić information content (AvgIpc) is 3.36. The molecule has 1 saturated heterocycles. The van der Waals surface area contributed by atoms with Gasteiger partial charge in [-0.3, -0.25) is 9.79 Å². The highest BCUT2D eigenvalue weighted by molar-refractivity contribution is 14.0. The van der Waals surface area contributed by atoms with Crippen molar-refractivity contribution in [3.63, 3.8) is 0 Å². The van der Waals surface area contributed by atoms with Crippen molar-refractivity contribution in [3.8, 4) is 0 Å². The third-order valence-corrected chi connectivity index (χ3v) is 6.24. The molecule has 0 bridgehead atoms. The number of para-hydroxylation sites is 1. The minimum atomic E-state index is 0. The third kappa shape index (κ3) is 5.74. The monoisotopic (exact) mass is 547 g/mol.